The number of nitrogens with zero attached hydrogens (tertiary/aromatic N) is 1. The monoisotopic (exact) mass is 155 g/mol. The Morgan fingerprint density at radius 3 is 1.75 bits per heavy atom. The Morgan fingerprint density at radius 2 is 1.75 bits per heavy atom. The summed E-state index contributed by atoms with van der Waals surface area (Å²) in [5.41, 5.74) is 0. The lowest BCUT2D eigenvalue weighted by Crippen LogP contribution is -1.92. The Balaban J connectivity index is 4.36. The van der Waals surface area contributed by atoms with Crippen LogP contribution in [0.1, 0.15) is 0 Å². The summed E-state index contributed by atoms with van der Waals surface area (Å²) >= 11 is 0. The largest absolute Gasteiger partial charge is 0.255 e. The summed E-state index contributed by atoms with van der Waals surface area (Å²) in [7, 11) is -3.43. The molecular weight excluding hydrogens is 146 g/mol. The van der Waals surface area contributed by atoms with Crippen LogP contribution in [0, 0.1) is 0 Å². The second-order valence-electron chi connectivity index (χ2n) is 1.58. The van der Waals surface area contributed by atoms with Gasteiger partial charge in [0.25, 0.3) is 10.0 Å². The Hall–Kier alpha value is 0.1000. The highest BCUT2D eigenvalue weighted by Gasteiger charge is 1.92. The van der Waals surface area contributed by atoms with Crippen molar-refractivity contribution < 1.29 is 8.42 Å². The smallest absolute Gasteiger partial charge is 0.204 e. The van der Waals surface area contributed by atoms with Crippen LogP contribution in [0.4, 0.5) is 0 Å². The molecule has 3 nitrogen and oxygen atoms in total. The topological polar surface area (TPSA) is 46.5 Å². The zero-order valence-corrected chi connectivity index (χ0v) is 6.71. The predicted octanol–water partition coefficient (Wildman–Crippen LogP) is 0.00750. The lowest BCUT2D eigenvalue weighted by atomic mass is 11.9. The molecule has 0 aliphatic carbocycles. The van der Waals surface area contributed by atoms with E-state index in [-0.39, 0.29) is 10.7 Å². The van der Waals surface area contributed by atoms with Crippen LogP contribution in [0.25, 0.3) is 0 Å². The molecule has 50 valence electrons. The summed E-state index contributed by atoms with van der Waals surface area (Å²) in [4.78, 5) is 0. The molecule has 0 saturated carbocycles. The van der Waals surface area contributed by atoms with Crippen molar-refractivity contribution in [3.05, 3.63) is 0 Å². The maximum atomic E-state index is 10.3. The highest BCUT2D eigenvalue weighted by Crippen LogP contribution is 1.85. The minimum atomic E-state index is -3.09. The molecule has 0 spiro atoms. The highest BCUT2D eigenvalue weighted by molar-refractivity contribution is 7.99. The van der Waals surface area contributed by atoms with Gasteiger partial charge in [-0.1, -0.05) is 10.7 Å². The third kappa shape index (κ3) is 6.10. The SMILES string of the molecule is CS(C)=NS(C)(=O)=O. The fourth-order valence-corrected chi connectivity index (χ4v) is 2.44. The van der Waals surface area contributed by atoms with Crippen molar-refractivity contribution in [3.63, 3.8) is 0 Å². The lowest BCUT2D eigenvalue weighted by Gasteiger charge is -1.86. The molecule has 8 heavy (non-hydrogen) atoms. The third-order valence-corrected chi connectivity index (χ3v) is 2.56. The highest BCUT2D eigenvalue weighted by atomic mass is 32.3. The predicted molar refractivity (Wildman–Crippen MR) is 36.5 cm³/mol. The number of rotatable bonds is 1. The van der Waals surface area contributed by atoms with Crippen molar-refractivity contribution in [2.24, 2.45) is 3.77 Å². The normalized spacial score (nSPS) is 12.0. The molecule has 0 aliphatic heterocycles. The third-order valence-electron chi connectivity index (χ3n) is 0.284. The molecule has 0 N–H and O–H groups in total. The van der Waals surface area contributed by atoms with Crippen LogP contribution < -0.4 is 0 Å². The van der Waals surface area contributed by atoms with Gasteiger partial charge in [0.2, 0.25) is 0 Å². The summed E-state index contributed by atoms with van der Waals surface area (Å²) in [6.45, 7) is 0. The first-order valence-corrected chi connectivity index (χ1v) is 5.77. The van der Waals surface area contributed by atoms with Crippen LogP contribution in [0.3, 0.4) is 0 Å². The van der Waals surface area contributed by atoms with Gasteiger partial charge >= 0.3 is 0 Å². The van der Waals surface area contributed by atoms with E-state index in [9.17, 15) is 8.42 Å². The molecule has 0 saturated heterocycles. The summed E-state index contributed by atoms with van der Waals surface area (Å²) in [6, 6.07) is 0. The molecule has 0 heterocycles. The van der Waals surface area contributed by atoms with Gasteiger partial charge in [-0.2, -0.15) is 0 Å². The molecule has 0 rings (SSSR count). The van der Waals surface area contributed by atoms with E-state index < -0.39 is 10.0 Å². The van der Waals surface area contributed by atoms with Gasteiger partial charge in [0.1, 0.15) is 0 Å². The van der Waals surface area contributed by atoms with Crippen molar-refractivity contribution in [2.75, 3.05) is 18.8 Å². The molecule has 5 heteroatoms. The molecular formula is C3H9NO2S2. The number of sulfonamides is 1. The van der Waals surface area contributed by atoms with Gasteiger partial charge in [-0.05, 0) is 12.5 Å². The number of hydrogen-bond donors (Lipinski definition) is 0. The van der Waals surface area contributed by atoms with Crippen LogP contribution in [0.2, 0.25) is 0 Å². The first-order valence-electron chi connectivity index (χ1n) is 1.92. The van der Waals surface area contributed by atoms with Crippen LogP contribution in [0.5, 0.6) is 0 Å². The van der Waals surface area contributed by atoms with Crippen molar-refractivity contribution in [1.29, 1.82) is 0 Å². The molecule has 0 radical (unpaired) electrons. The molecule has 0 fully saturated rings. The second kappa shape index (κ2) is 2.59. The van der Waals surface area contributed by atoms with E-state index in [1.165, 1.54) is 0 Å². The van der Waals surface area contributed by atoms with E-state index in [0.29, 0.717) is 0 Å². The van der Waals surface area contributed by atoms with E-state index in [0.717, 1.165) is 6.26 Å². The lowest BCUT2D eigenvalue weighted by molar-refractivity contribution is 0.604. The zero-order chi connectivity index (χ0) is 6.78. The van der Waals surface area contributed by atoms with Gasteiger partial charge in [0.15, 0.2) is 0 Å². The summed E-state index contributed by atoms with van der Waals surface area (Å²) in [6.07, 6.45) is 4.60. The fourth-order valence-electron chi connectivity index (χ4n) is 0.271. The zero-order valence-electron chi connectivity index (χ0n) is 5.08. The molecule has 0 bridgehead atoms. The maximum absolute atomic E-state index is 10.3. The van der Waals surface area contributed by atoms with Crippen molar-refractivity contribution in [3.8, 4) is 0 Å². The summed E-state index contributed by atoms with van der Waals surface area (Å²) < 4.78 is 24.0. The average Bonchev–Trinajstić information content (AvgIpc) is 1.21. The molecule has 0 aliphatic rings. The first-order chi connectivity index (χ1) is 3.42. The second-order valence-corrected chi connectivity index (χ2v) is 5.19. The quantitative estimate of drug-likeness (QED) is 0.535. The van der Waals surface area contributed by atoms with Gasteiger partial charge < -0.3 is 0 Å². The van der Waals surface area contributed by atoms with E-state index in [1.807, 2.05) is 0 Å². The van der Waals surface area contributed by atoms with Crippen LogP contribution in [-0.4, -0.2) is 27.2 Å². The van der Waals surface area contributed by atoms with Gasteiger partial charge in [-0.25, -0.2) is 8.42 Å². The van der Waals surface area contributed by atoms with Crippen molar-refractivity contribution in [2.45, 2.75) is 0 Å². The Labute approximate surface area is 52.3 Å². The van der Waals surface area contributed by atoms with Crippen molar-refractivity contribution >= 4 is 20.7 Å². The molecule has 0 aromatic heterocycles. The van der Waals surface area contributed by atoms with Crippen LogP contribution in [0.15, 0.2) is 3.77 Å². The molecule has 0 atom stereocenters. The molecule has 0 aromatic rings. The fraction of sp³-hybridized carbons (Fsp3) is 1.00. The summed E-state index contributed by atoms with van der Waals surface area (Å²) in [5.74, 6) is 0. The van der Waals surface area contributed by atoms with E-state index in [2.05, 4.69) is 3.77 Å². The van der Waals surface area contributed by atoms with E-state index >= 15 is 0 Å². The molecule has 0 amide bonds. The van der Waals surface area contributed by atoms with Crippen LogP contribution in [-0.2, 0) is 20.7 Å². The Kier molecular flexibility index (Phi) is 2.62. The van der Waals surface area contributed by atoms with Gasteiger partial charge in [-0.3, -0.25) is 0 Å². The molecule has 0 aromatic carbocycles. The molecule has 0 unspecified atom stereocenters. The van der Waals surface area contributed by atoms with E-state index in [4.69, 9.17) is 0 Å². The van der Waals surface area contributed by atoms with Crippen LogP contribution >= 0.6 is 0 Å². The van der Waals surface area contributed by atoms with Gasteiger partial charge in [0, 0.05) is 0 Å². The minimum absolute atomic E-state index is 0.348. The summed E-state index contributed by atoms with van der Waals surface area (Å²) in [5, 5.41) is 0. The maximum Gasteiger partial charge on any atom is 0.255 e. The Morgan fingerprint density at radius 1 is 1.38 bits per heavy atom. The minimum Gasteiger partial charge on any atom is -0.204 e. The number of hydrogen-bond acceptors (Lipinski definition) is 2. The van der Waals surface area contributed by atoms with Gasteiger partial charge in [0.05, 0.1) is 6.26 Å². The van der Waals surface area contributed by atoms with Gasteiger partial charge in [-0.15, -0.1) is 3.77 Å². The first kappa shape index (κ1) is 8.10. The van der Waals surface area contributed by atoms with E-state index in [1.54, 1.807) is 12.5 Å². The average molecular weight is 155 g/mol. The Bertz CT molecular complexity index is 187. The standard InChI is InChI=1S/C3H9NO2S2/c1-7(2)4-8(3,5)6/h1-3H3. The van der Waals surface area contributed by atoms with Crippen molar-refractivity contribution in [1.82, 2.24) is 0 Å².